The van der Waals surface area contributed by atoms with E-state index in [1.54, 1.807) is 0 Å². The van der Waals surface area contributed by atoms with Gasteiger partial charge in [0.25, 0.3) is 0 Å². The monoisotopic (exact) mass is 281 g/mol. The fourth-order valence-corrected chi connectivity index (χ4v) is 3.24. The van der Waals surface area contributed by atoms with Gasteiger partial charge in [-0.1, -0.05) is 67.6 Å². The van der Waals surface area contributed by atoms with Crippen LogP contribution < -0.4 is 0 Å². The lowest BCUT2D eigenvalue weighted by Crippen LogP contribution is -2.43. The van der Waals surface area contributed by atoms with Gasteiger partial charge in [0, 0.05) is 19.1 Å². The Morgan fingerprint density at radius 3 is 2.29 bits per heavy atom. The van der Waals surface area contributed by atoms with Gasteiger partial charge in [0.2, 0.25) is 0 Å². The van der Waals surface area contributed by atoms with Crippen molar-refractivity contribution in [3.63, 3.8) is 0 Å². The molecule has 0 radical (unpaired) electrons. The molecular weight excluding hydrogens is 258 g/mol. The number of nitrogens with zero attached hydrogens (tertiary/aromatic N) is 1. The number of aliphatic hydroxyl groups excluding tert-OH is 1. The Morgan fingerprint density at radius 1 is 1.00 bits per heavy atom. The van der Waals surface area contributed by atoms with Crippen molar-refractivity contribution in [2.75, 3.05) is 6.54 Å². The molecule has 0 bridgehead atoms. The molecule has 1 fully saturated rings. The molecule has 2 heteroatoms. The summed E-state index contributed by atoms with van der Waals surface area (Å²) in [5, 5.41) is 10.3. The van der Waals surface area contributed by atoms with Crippen molar-refractivity contribution in [2.45, 2.75) is 32.0 Å². The lowest BCUT2D eigenvalue weighted by Gasteiger charge is -2.41. The van der Waals surface area contributed by atoms with Gasteiger partial charge in [0.15, 0.2) is 0 Å². The zero-order valence-electron chi connectivity index (χ0n) is 12.5. The zero-order valence-corrected chi connectivity index (χ0v) is 12.5. The molecule has 0 saturated carbocycles. The molecule has 1 aliphatic heterocycles. The molecule has 3 atom stereocenters. The van der Waals surface area contributed by atoms with E-state index in [0.29, 0.717) is 12.0 Å². The Balaban J connectivity index is 1.83. The van der Waals surface area contributed by atoms with Gasteiger partial charge in [0.1, 0.15) is 0 Å². The highest BCUT2D eigenvalue weighted by molar-refractivity contribution is 5.21. The number of benzene rings is 2. The molecule has 3 rings (SSSR count). The first-order chi connectivity index (χ1) is 10.2. The minimum absolute atomic E-state index is 0.206. The maximum atomic E-state index is 10.3. The van der Waals surface area contributed by atoms with Gasteiger partial charge < -0.3 is 5.11 Å². The van der Waals surface area contributed by atoms with E-state index in [-0.39, 0.29) is 6.10 Å². The van der Waals surface area contributed by atoms with E-state index in [9.17, 15) is 5.11 Å². The SMILES string of the molecule is CC1CN(Cc2ccccc2)[C@@H](c2ccccc2)CC1O. The lowest BCUT2D eigenvalue weighted by molar-refractivity contribution is -0.00495. The maximum Gasteiger partial charge on any atom is 0.0596 e. The van der Waals surface area contributed by atoms with Crippen LogP contribution in [0.25, 0.3) is 0 Å². The molecule has 2 nitrogen and oxygen atoms in total. The Morgan fingerprint density at radius 2 is 1.62 bits per heavy atom. The van der Waals surface area contributed by atoms with E-state index in [1.165, 1.54) is 11.1 Å². The van der Waals surface area contributed by atoms with Gasteiger partial charge in [0.05, 0.1) is 6.10 Å². The molecule has 2 aromatic rings. The second kappa shape index (κ2) is 6.42. The lowest BCUT2D eigenvalue weighted by atomic mass is 9.87. The first kappa shape index (κ1) is 14.3. The van der Waals surface area contributed by atoms with Crippen LogP contribution in [0, 0.1) is 5.92 Å². The van der Waals surface area contributed by atoms with Crippen molar-refractivity contribution in [3.05, 3.63) is 71.8 Å². The third-order valence-electron chi connectivity index (χ3n) is 4.50. The van der Waals surface area contributed by atoms with Crippen LogP contribution in [0.15, 0.2) is 60.7 Å². The van der Waals surface area contributed by atoms with Crippen molar-refractivity contribution in [1.29, 1.82) is 0 Å². The summed E-state index contributed by atoms with van der Waals surface area (Å²) in [6.07, 6.45) is 0.611. The highest BCUT2D eigenvalue weighted by Gasteiger charge is 2.32. The van der Waals surface area contributed by atoms with E-state index >= 15 is 0 Å². The van der Waals surface area contributed by atoms with Crippen molar-refractivity contribution in [3.8, 4) is 0 Å². The van der Waals surface area contributed by atoms with E-state index in [2.05, 4.69) is 66.4 Å². The summed E-state index contributed by atoms with van der Waals surface area (Å²) in [5.41, 5.74) is 2.64. The van der Waals surface area contributed by atoms with E-state index in [1.807, 2.05) is 6.07 Å². The minimum atomic E-state index is -0.206. The average molecular weight is 281 g/mol. The van der Waals surface area contributed by atoms with E-state index < -0.39 is 0 Å². The van der Waals surface area contributed by atoms with Crippen molar-refractivity contribution >= 4 is 0 Å². The zero-order chi connectivity index (χ0) is 14.7. The largest absolute Gasteiger partial charge is 0.393 e. The predicted octanol–water partition coefficient (Wildman–Crippen LogP) is 3.63. The normalized spacial score (nSPS) is 26.7. The molecule has 21 heavy (non-hydrogen) atoms. The fraction of sp³-hybridized carbons (Fsp3) is 0.368. The van der Waals surface area contributed by atoms with Gasteiger partial charge in [-0.15, -0.1) is 0 Å². The van der Waals surface area contributed by atoms with Gasteiger partial charge in [-0.2, -0.15) is 0 Å². The molecule has 1 saturated heterocycles. The molecule has 1 heterocycles. The number of aliphatic hydroxyl groups is 1. The molecule has 110 valence electrons. The third-order valence-corrected chi connectivity index (χ3v) is 4.50. The summed E-state index contributed by atoms with van der Waals surface area (Å²) in [6, 6.07) is 21.5. The van der Waals surface area contributed by atoms with Crippen LogP contribution in [0.2, 0.25) is 0 Å². The summed E-state index contributed by atoms with van der Waals surface area (Å²) in [4.78, 5) is 2.50. The fourth-order valence-electron chi connectivity index (χ4n) is 3.24. The number of hydrogen-bond acceptors (Lipinski definition) is 2. The molecule has 0 spiro atoms. The average Bonchev–Trinajstić information content (AvgIpc) is 2.52. The summed E-state index contributed by atoms with van der Waals surface area (Å²) in [5.74, 6) is 0.327. The van der Waals surface area contributed by atoms with E-state index in [4.69, 9.17) is 0 Å². The molecule has 2 aromatic carbocycles. The van der Waals surface area contributed by atoms with Crippen molar-refractivity contribution in [2.24, 2.45) is 5.92 Å². The van der Waals surface area contributed by atoms with Crippen LogP contribution in [0.4, 0.5) is 0 Å². The quantitative estimate of drug-likeness (QED) is 0.928. The van der Waals surface area contributed by atoms with Crippen LogP contribution in [0.5, 0.6) is 0 Å². The molecular formula is C19H23NO. The highest BCUT2D eigenvalue weighted by atomic mass is 16.3. The summed E-state index contributed by atoms with van der Waals surface area (Å²) < 4.78 is 0. The van der Waals surface area contributed by atoms with Crippen molar-refractivity contribution < 1.29 is 5.11 Å². The Kier molecular flexibility index (Phi) is 4.37. The maximum absolute atomic E-state index is 10.3. The Labute approximate surface area is 127 Å². The second-order valence-corrected chi connectivity index (χ2v) is 6.12. The summed E-state index contributed by atoms with van der Waals surface area (Å²) in [7, 11) is 0. The molecule has 2 unspecified atom stereocenters. The second-order valence-electron chi connectivity index (χ2n) is 6.12. The standard InChI is InChI=1S/C19H23NO/c1-15-13-20(14-16-8-4-2-5-9-16)18(12-19(15)21)17-10-6-3-7-11-17/h2-11,15,18-19,21H,12-14H2,1H3/t15?,18-,19?/m1/s1. The van der Waals surface area contributed by atoms with Gasteiger partial charge in [-0.25, -0.2) is 0 Å². The molecule has 1 aliphatic rings. The van der Waals surface area contributed by atoms with E-state index in [0.717, 1.165) is 19.5 Å². The summed E-state index contributed by atoms with van der Waals surface area (Å²) >= 11 is 0. The number of rotatable bonds is 3. The van der Waals surface area contributed by atoms with Crippen LogP contribution in [0.1, 0.15) is 30.5 Å². The molecule has 0 amide bonds. The Hall–Kier alpha value is -1.64. The smallest absolute Gasteiger partial charge is 0.0596 e. The number of hydrogen-bond donors (Lipinski definition) is 1. The van der Waals surface area contributed by atoms with Crippen LogP contribution in [0.3, 0.4) is 0 Å². The highest BCUT2D eigenvalue weighted by Crippen LogP contribution is 2.34. The molecule has 1 N–H and O–H groups in total. The Bertz CT molecular complexity index is 554. The number of likely N-dealkylation sites (tertiary alicyclic amines) is 1. The molecule has 0 aromatic heterocycles. The summed E-state index contributed by atoms with van der Waals surface area (Å²) in [6.45, 7) is 4.02. The topological polar surface area (TPSA) is 23.5 Å². The first-order valence-electron chi connectivity index (χ1n) is 7.75. The van der Waals surface area contributed by atoms with Crippen LogP contribution >= 0.6 is 0 Å². The van der Waals surface area contributed by atoms with Gasteiger partial charge in [-0.3, -0.25) is 4.90 Å². The van der Waals surface area contributed by atoms with Crippen LogP contribution in [-0.4, -0.2) is 22.7 Å². The predicted molar refractivity (Wildman–Crippen MR) is 85.8 cm³/mol. The first-order valence-corrected chi connectivity index (χ1v) is 7.75. The van der Waals surface area contributed by atoms with Gasteiger partial charge >= 0.3 is 0 Å². The van der Waals surface area contributed by atoms with Gasteiger partial charge in [-0.05, 0) is 23.5 Å². The minimum Gasteiger partial charge on any atom is -0.393 e. The number of piperidine rings is 1. The van der Waals surface area contributed by atoms with Crippen molar-refractivity contribution in [1.82, 2.24) is 4.90 Å². The van der Waals surface area contributed by atoms with Crippen LogP contribution in [-0.2, 0) is 6.54 Å². The third kappa shape index (κ3) is 3.34. The molecule has 0 aliphatic carbocycles.